The SMILES string of the molecule is O=C(Nc1cccc(CN2CCCC2=O)c1)C1CCN(S(=O)(=O)c2ccc3c(c2)OCCO3)CC1. The van der Waals surface area contributed by atoms with Crippen LogP contribution in [-0.2, 0) is 26.2 Å². The fourth-order valence-corrected chi connectivity index (χ4v) is 6.26. The number of carbonyl (C=O) groups is 2. The van der Waals surface area contributed by atoms with Gasteiger partial charge >= 0.3 is 0 Å². The second-order valence-electron chi connectivity index (χ2n) is 9.09. The van der Waals surface area contributed by atoms with E-state index < -0.39 is 10.0 Å². The number of nitrogens with one attached hydrogen (secondary N) is 1. The van der Waals surface area contributed by atoms with E-state index in [-0.39, 0.29) is 35.7 Å². The molecule has 0 bridgehead atoms. The van der Waals surface area contributed by atoms with Gasteiger partial charge in [-0.3, -0.25) is 9.59 Å². The molecule has 3 aliphatic heterocycles. The molecule has 10 heteroatoms. The number of fused-ring (bicyclic) bond motifs is 1. The maximum atomic E-state index is 13.1. The highest BCUT2D eigenvalue weighted by molar-refractivity contribution is 7.89. The molecule has 2 amide bonds. The van der Waals surface area contributed by atoms with Gasteiger partial charge in [0.15, 0.2) is 11.5 Å². The average molecular weight is 500 g/mol. The summed E-state index contributed by atoms with van der Waals surface area (Å²) in [5.41, 5.74) is 1.66. The second-order valence-corrected chi connectivity index (χ2v) is 11.0. The van der Waals surface area contributed by atoms with Crippen LogP contribution in [0.25, 0.3) is 0 Å². The number of carbonyl (C=O) groups excluding carboxylic acids is 2. The van der Waals surface area contributed by atoms with Gasteiger partial charge in [0.2, 0.25) is 21.8 Å². The number of piperidine rings is 1. The molecule has 2 aromatic rings. The molecule has 2 fully saturated rings. The molecule has 9 nitrogen and oxygen atoms in total. The van der Waals surface area contributed by atoms with E-state index in [0.29, 0.717) is 56.2 Å². The van der Waals surface area contributed by atoms with Crippen LogP contribution in [0.1, 0.15) is 31.2 Å². The molecule has 0 spiro atoms. The summed E-state index contributed by atoms with van der Waals surface area (Å²) in [5, 5.41) is 2.97. The number of rotatable bonds is 6. The monoisotopic (exact) mass is 499 g/mol. The van der Waals surface area contributed by atoms with Gasteiger partial charge in [-0.15, -0.1) is 0 Å². The number of nitrogens with zero attached hydrogens (tertiary/aromatic N) is 2. The molecule has 0 radical (unpaired) electrons. The lowest BCUT2D eigenvalue weighted by Gasteiger charge is -2.31. The topological polar surface area (TPSA) is 105 Å². The van der Waals surface area contributed by atoms with E-state index in [1.165, 1.54) is 16.4 Å². The minimum Gasteiger partial charge on any atom is -0.486 e. The van der Waals surface area contributed by atoms with Crippen LogP contribution in [0.5, 0.6) is 11.5 Å². The highest BCUT2D eigenvalue weighted by atomic mass is 32.2. The summed E-state index contributed by atoms with van der Waals surface area (Å²) in [7, 11) is -3.69. The third kappa shape index (κ3) is 5.13. The number of anilines is 1. The lowest BCUT2D eigenvalue weighted by Crippen LogP contribution is -2.41. The molecule has 2 aromatic carbocycles. The van der Waals surface area contributed by atoms with Crippen molar-refractivity contribution in [2.24, 2.45) is 5.92 Å². The molecule has 0 saturated carbocycles. The minimum atomic E-state index is -3.69. The Bertz CT molecular complexity index is 1220. The Balaban J connectivity index is 1.18. The average Bonchev–Trinajstić information content (AvgIpc) is 3.28. The van der Waals surface area contributed by atoms with Gasteiger partial charge in [0.05, 0.1) is 4.90 Å². The first-order valence-electron chi connectivity index (χ1n) is 12.0. The first-order valence-corrected chi connectivity index (χ1v) is 13.4. The number of amides is 2. The number of benzene rings is 2. The third-order valence-electron chi connectivity index (χ3n) is 6.72. The summed E-state index contributed by atoms with van der Waals surface area (Å²) < 4.78 is 38.7. The van der Waals surface area contributed by atoms with E-state index in [9.17, 15) is 18.0 Å². The van der Waals surface area contributed by atoms with Crippen LogP contribution >= 0.6 is 0 Å². The predicted molar refractivity (Wildman–Crippen MR) is 129 cm³/mol. The van der Waals surface area contributed by atoms with Crippen LogP contribution in [-0.4, -0.2) is 62.3 Å². The maximum absolute atomic E-state index is 13.1. The lowest BCUT2D eigenvalue weighted by molar-refractivity contribution is -0.128. The molecule has 5 rings (SSSR count). The molecular weight excluding hydrogens is 470 g/mol. The number of likely N-dealkylation sites (tertiary alicyclic amines) is 1. The van der Waals surface area contributed by atoms with Gasteiger partial charge in [0, 0.05) is 50.3 Å². The Morgan fingerprint density at radius 3 is 2.51 bits per heavy atom. The van der Waals surface area contributed by atoms with Crippen molar-refractivity contribution in [2.45, 2.75) is 37.1 Å². The van der Waals surface area contributed by atoms with E-state index in [1.54, 1.807) is 6.07 Å². The maximum Gasteiger partial charge on any atom is 0.243 e. The molecule has 186 valence electrons. The Kier molecular flexibility index (Phi) is 6.66. The zero-order valence-electron chi connectivity index (χ0n) is 19.4. The van der Waals surface area contributed by atoms with Crippen molar-refractivity contribution in [3.8, 4) is 11.5 Å². The Morgan fingerprint density at radius 1 is 1.00 bits per heavy atom. The molecule has 3 heterocycles. The van der Waals surface area contributed by atoms with E-state index in [0.717, 1.165) is 18.5 Å². The van der Waals surface area contributed by atoms with Crippen molar-refractivity contribution in [3.63, 3.8) is 0 Å². The molecule has 0 atom stereocenters. The zero-order chi connectivity index (χ0) is 24.4. The van der Waals surface area contributed by atoms with Crippen molar-refractivity contribution in [2.75, 3.05) is 38.2 Å². The molecule has 0 aliphatic carbocycles. The van der Waals surface area contributed by atoms with Gasteiger partial charge in [-0.1, -0.05) is 12.1 Å². The van der Waals surface area contributed by atoms with Gasteiger partial charge in [-0.25, -0.2) is 8.42 Å². The van der Waals surface area contributed by atoms with E-state index in [2.05, 4.69) is 5.32 Å². The third-order valence-corrected chi connectivity index (χ3v) is 8.61. The first-order chi connectivity index (χ1) is 16.9. The zero-order valence-corrected chi connectivity index (χ0v) is 20.3. The highest BCUT2D eigenvalue weighted by Crippen LogP contribution is 2.34. The van der Waals surface area contributed by atoms with Gasteiger partial charge in [0.1, 0.15) is 13.2 Å². The molecule has 0 unspecified atom stereocenters. The summed E-state index contributed by atoms with van der Waals surface area (Å²) in [6.45, 7) is 2.67. The predicted octanol–water partition coefficient (Wildman–Crippen LogP) is 2.62. The van der Waals surface area contributed by atoms with Crippen LogP contribution in [0, 0.1) is 5.92 Å². The highest BCUT2D eigenvalue weighted by Gasteiger charge is 2.33. The number of sulfonamides is 1. The quantitative estimate of drug-likeness (QED) is 0.655. The summed E-state index contributed by atoms with van der Waals surface area (Å²) >= 11 is 0. The summed E-state index contributed by atoms with van der Waals surface area (Å²) in [4.78, 5) is 26.8. The largest absolute Gasteiger partial charge is 0.486 e. The van der Waals surface area contributed by atoms with Gasteiger partial charge in [-0.05, 0) is 49.1 Å². The Hall–Kier alpha value is -3.11. The van der Waals surface area contributed by atoms with Crippen LogP contribution < -0.4 is 14.8 Å². The van der Waals surface area contributed by atoms with Crippen molar-refractivity contribution >= 4 is 27.5 Å². The van der Waals surface area contributed by atoms with E-state index in [1.807, 2.05) is 29.2 Å². The van der Waals surface area contributed by atoms with Gasteiger partial charge in [0.25, 0.3) is 0 Å². The first kappa shape index (κ1) is 23.6. The molecule has 2 saturated heterocycles. The number of hydrogen-bond acceptors (Lipinski definition) is 6. The Morgan fingerprint density at radius 2 is 1.77 bits per heavy atom. The van der Waals surface area contributed by atoms with Gasteiger partial charge in [-0.2, -0.15) is 4.31 Å². The van der Waals surface area contributed by atoms with E-state index >= 15 is 0 Å². The minimum absolute atomic E-state index is 0.115. The van der Waals surface area contributed by atoms with Crippen LogP contribution in [0.3, 0.4) is 0 Å². The normalized spacial score (nSPS) is 19.1. The van der Waals surface area contributed by atoms with Crippen LogP contribution in [0.15, 0.2) is 47.4 Å². The fourth-order valence-electron chi connectivity index (χ4n) is 4.77. The lowest BCUT2D eigenvalue weighted by atomic mass is 9.97. The summed E-state index contributed by atoms with van der Waals surface area (Å²) in [6, 6.07) is 12.2. The van der Waals surface area contributed by atoms with Crippen molar-refractivity contribution in [1.29, 1.82) is 0 Å². The van der Waals surface area contributed by atoms with Crippen molar-refractivity contribution in [1.82, 2.24) is 9.21 Å². The van der Waals surface area contributed by atoms with Crippen molar-refractivity contribution in [3.05, 3.63) is 48.0 Å². The smallest absolute Gasteiger partial charge is 0.243 e. The second kappa shape index (κ2) is 9.87. The summed E-state index contributed by atoms with van der Waals surface area (Å²) in [5.74, 6) is 0.753. The standard InChI is InChI=1S/C25H29N3O6S/c29-24-5-2-10-27(24)17-18-3-1-4-20(15-18)26-25(30)19-8-11-28(12-9-19)35(31,32)21-6-7-22-23(16-21)34-14-13-33-22/h1,3-4,6-7,15-16,19H,2,5,8-14,17H2,(H,26,30). The van der Waals surface area contributed by atoms with Crippen LogP contribution in [0.4, 0.5) is 5.69 Å². The number of ether oxygens (including phenoxy) is 2. The van der Waals surface area contributed by atoms with Crippen molar-refractivity contribution < 1.29 is 27.5 Å². The van der Waals surface area contributed by atoms with E-state index in [4.69, 9.17) is 9.47 Å². The molecule has 3 aliphatic rings. The fraction of sp³-hybridized carbons (Fsp3) is 0.440. The molecule has 0 aromatic heterocycles. The number of hydrogen-bond donors (Lipinski definition) is 1. The van der Waals surface area contributed by atoms with Crippen LogP contribution in [0.2, 0.25) is 0 Å². The Labute approximate surface area is 205 Å². The molecule has 1 N–H and O–H groups in total. The molecule has 35 heavy (non-hydrogen) atoms. The summed E-state index contributed by atoms with van der Waals surface area (Å²) in [6.07, 6.45) is 2.37. The molecular formula is C25H29N3O6S. The van der Waals surface area contributed by atoms with Gasteiger partial charge < -0.3 is 19.7 Å².